The van der Waals surface area contributed by atoms with Crippen LogP contribution >= 0.6 is 0 Å². The van der Waals surface area contributed by atoms with Crippen LogP contribution in [0.15, 0.2) is 36.7 Å². The maximum atomic E-state index is 5.63. The molecule has 1 aromatic carbocycles. The first-order valence-electron chi connectivity index (χ1n) is 6.12. The van der Waals surface area contributed by atoms with Crippen molar-refractivity contribution in [2.45, 2.75) is 26.0 Å². The van der Waals surface area contributed by atoms with Crippen LogP contribution in [0.1, 0.15) is 25.5 Å². The predicted molar refractivity (Wildman–Crippen MR) is 72.9 cm³/mol. The minimum atomic E-state index is -0.0500. The summed E-state index contributed by atoms with van der Waals surface area (Å²) in [6.07, 6.45) is 3.88. The topological polar surface area (TPSA) is 60.2 Å². The second-order valence-electron chi connectivity index (χ2n) is 4.55. The van der Waals surface area contributed by atoms with Gasteiger partial charge in [-0.15, -0.1) is 0 Å². The fourth-order valence-electron chi connectivity index (χ4n) is 1.93. The van der Waals surface area contributed by atoms with Crippen LogP contribution in [0, 0.1) is 0 Å². The Kier molecular flexibility index (Phi) is 4.25. The van der Waals surface area contributed by atoms with E-state index in [9.17, 15) is 0 Å². The zero-order chi connectivity index (χ0) is 13.0. The maximum Gasteiger partial charge on any atom is 0.0715 e. The number of fused-ring (bicyclic) bond motifs is 1. The molecule has 0 radical (unpaired) electrons. The number of aromatic nitrogens is 1. The van der Waals surface area contributed by atoms with Crippen molar-refractivity contribution in [3.8, 4) is 0 Å². The minimum Gasteiger partial charge on any atom is -0.377 e. The molecule has 0 aliphatic heterocycles. The molecule has 4 nitrogen and oxygen atoms in total. The third kappa shape index (κ3) is 2.85. The number of hydrazine groups is 1. The van der Waals surface area contributed by atoms with E-state index < -0.39 is 0 Å². The average molecular weight is 245 g/mol. The number of hydrogen-bond donors (Lipinski definition) is 2. The van der Waals surface area contributed by atoms with Gasteiger partial charge < -0.3 is 4.74 Å². The van der Waals surface area contributed by atoms with E-state index >= 15 is 0 Å². The molecule has 2 aromatic rings. The van der Waals surface area contributed by atoms with Gasteiger partial charge >= 0.3 is 0 Å². The first-order valence-corrected chi connectivity index (χ1v) is 6.12. The molecule has 0 saturated carbocycles. The van der Waals surface area contributed by atoms with Crippen LogP contribution in [-0.4, -0.2) is 17.7 Å². The fraction of sp³-hybridized carbons (Fsp3) is 0.357. The van der Waals surface area contributed by atoms with E-state index in [0.29, 0.717) is 6.61 Å². The molecule has 2 rings (SSSR count). The molecule has 0 aliphatic carbocycles. The summed E-state index contributed by atoms with van der Waals surface area (Å²) in [5, 5.41) is 2.27. The Balaban J connectivity index is 2.32. The van der Waals surface area contributed by atoms with Gasteiger partial charge in [0.2, 0.25) is 0 Å². The molecule has 0 bridgehead atoms. The molecule has 3 N–H and O–H groups in total. The van der Waals surface area contributed by atoms with E-state index in [1.54, 1.807) is 0 Å². The minimum absolute atomic E-state index is 0.0500. The van der Waals surface area contributed by atoms with E-state index in [2.05, 4.69) is 16.5 Å². The molecule has 0 saturated heterocycles. The number of ether oxygens (including phenoxy) is 1. The van der Waals surface area contributed by atoms with Crippen LogP contribution in [0.3, 0.4) is 0 Å². The summed E-state index contributed by atoms with van der Waals surface area (Å²) in [4.78, 5) is 4.26. The second kappa shape index (κ2) is 5.91. The van der Waals surface area contributed by atoms with Crippen LogP contribution in [0.4, 0.5) is 0 Å². The molecule has 1 heterocycles. The van der Waals surface area contributed by atoms with Crippen molar-refractivity contribution in [3.05, 3.63) is 42.2 Å². The van der Waals surface area contributed by atoms with E-state index in [4.69, 9.17) is 10.6 Å². The Morgan fingerprint density at radius 2 is 2.06 bits per heavy atom. The Morgan fingerprint density at radius 1 is 1.28 bits per heavy atom. The lowest BCUT2D eigenvalue weighted by Crippen LogP contribution is -2.32. The largest absolute Gasteiger partial charge is 0.377 e. The predicted octanol–water partition coefficient (Wildman–Crippen LogP) is 2.16. The van der Waals surface area contributed by atoms with Gasteiger partial charge in [0, 0.05) is 17.8 Å². The third-order valence-corrected chi connectivity index (χ3v) is 2.87. The Labute approximate surface area is 107 Å². The molecule has 0 spiro atoms. The quantitative estimate of drug-likeness (QED) is 0.626. The summed E-state index contributed by atoms with van der Waals surface area (Å²) in [6.45, 7) is 4.55. The number of rotatable bonds is 5. The van der Waals surface area contributed by atoms with E-state index in [-0.39, 0.29) is 12.1 Å². The van der Waals surface area contributed by atoms with Crippen molar-refractivity contribution in [2.75, 3.05) is 6.61 Å². The van der Waals surface area contributed by atoms with Crippen molar-refractivity contribution in [3.63, 3.8) is 0 Å². The maximum absolute atomic E-state index is 5.63. The summed E-state index contributed by atoms with van der Waals surface area (Å²) >= 11 is 0. The summed E-state index contributed by atoms with van der Waals surface area (Å²) in [7, 11) is 0. The summed E-state index contributed by atoms with van der Waals surface area (Å²) in [6, 6.07) is 8.09. The molecule has 96 valence electrons. The molecule has 1 atom stereocenters. The lowest BCUT2D eigenvalue weighted by molar-refractivity contribution is 0.0613. The Morgan fingerprint density at radius 3 is 2.78 bits per heavy atom. The molecule has 0 aliphatic rings. The highest BCUT2D eigenvalue weighted by Gasteiger charge is 2.14. The number of benzene rings is 1. The molecule has 4 heteroatoms. The van der Waals surface area contributed by atoms with Gasteiger partial charge in [-0.25, -0.2) is 0 Å². The van der Waals surface area contributed by atoms with Gasteiger partial charge in [-0.05, 0) is 24.8 Å². The smallest absolute Gasteiger partial charge is 0.0715 e. The van der Waals surface area contributed by atoms with Gasteiger partial charge in [-0.2, -0.15) is 0 Å². The van der Waals surface area contributed by atoms with Crippen LogP contribution in [-0.2, 0) is 4.74 Å². The van der Waals surface area contributed by atoms with E-state index in [1.807, 2.05) is 44.4 Å². The van der Waals surface area contributed by atoms with Crippen molar-refractivity contribution in [2.24, 2.45) is 5.84 Å². The molecular formula is C14H19N3O. The van der Waals surface area contributed by atoms with Gasteiger partial charge in [0.1, 0.15) is 0 Å². The Bertz CT molecular complexity index is 508. The van der Waals surface area contributed by atoms with Crippen molar-refractivity contribution >= 4 is 10.8 Å². The molecular weight excluding hydrogens is 226 g/mol. The summed E-state index contributed by atoms with van der Waals surface area (Å²) < 4.78 is 5.63. The number of hydrogen-bond acceptors (Lipinski definition) is 4. The summed E-state index contributed by atoms with van der Waals surface area (Å²) in [5.74, 6) is 5.62. The third-order valence-electron chi connectivity index (χ3n) is 2.87. The number of nitrogens with two attached hydrogens (primary N) is 1. The first-order chi connectivity index (χ1) is 8.72. The van der Waals surface area contributed by atoms with E-state index in [1.165, 1.54) is 0 Å². The highest BCUT2D eigenvalue weighted by atomic mass is 16.5. The molecule has 1 unspecified atom stereocenters. The fourth-order valence-corrected chi connectivity index (χ4v) is 1.93. The van der Waals surface area contributed by atoms with Crippen molar-refractivity contribution in [1.82, 2.24) is 10.4 Å². The zero-order valence-corrected chi connectivity index (χ0v) is 10.8. The van der Waals surface area contributed by atoms with Gasteiger partial charge in [-0.1, -0.05) is 24.3 Å². The van der Waals surface area contributed by atoms with Gasteiger partial charge in [0.05, 0.1) is 18.8 Å². The van der Waals surface area contributed by atoms with Crippen LogP contribution in [0.5, 0.6) is 0 Å². The number of pyridine rings is 1. The Hall–Kier alpha value is -1.49. The van der Waals surface area contributed by atoms with Gasteiger partial charge in [-0.3, -0.25) is 16.3 Å². The standard InChI is InChI=1S/C14H19N3O/c1-10(2)18-9-14(17-15)13-8-16-7-11-5-3-4-6-12(11)13/h3-8,10,14,17H,9,15H2,1-2H3. The van der Waals surface area contributed by atoms with Crippen molar-refractivity contribution < 1.29 is 4.74 Å². The average Bonchev–Trinajstić information content (AvgIpc) is 2.39. The number of nitrogens with one attached hydrogen (secondary N) is 1. The van der Waals surface area contributed by atoms with Crippen LogP contribution < -0.4 is 11.3 Å². The van der Waals surface area contributed by atoms with Gasteiger partial charge in [0.25, 0.3) is 0 Å². The number of nitrogens with zero attached hydrogens (tertiary/aromatic N) is 1. The molecule has 0 amide bonds. The molecule has 1 aromatic heterocycles. The van der Waals surface area contributed by atoms with Gasteiger partial charge in [0.15, 0.2) is 0 Å². The summed E-state index contributed by atoms with van der Waals surface area (Å²) in [5.41, 5.74) is 3.87. The second-order valence-corrected chi connectivity index (χ2v) is 4.55. The molecule has 18 heavy (non-hydrogen) atoms. The monoisotopic (exact) mass is 245 g/mol. The van der Waals surface area contributed by atoms with Crippen LogP contribution in [0.25, 0.3) is 10.8 Å². The SMILES string of the molecule is CC(C)OCC(NN)c1cncc2ccccc12. The normalized spacial score (nSPS) is 13.1. The van der Waals surface area contributed by atoms with E-state index in [0.717, 1.165) is 16.3 Å². The molecule has 0 fully saturated rings. The highest BCUT2D eigenvalue weighted by Crippen LogP contribution is 2.23. The lowest BCUT2D eigenvalue weighted by atomic mass is 10.0. The highest BCUT2D eigenvalue weighted by molar-refractivity contribution is 5.85. The van der Waals surface area contributed by atoms with Crippen LogP contribution in [0.2, 0.25) is 0 Å². The zero-order valence-electron chi connectivity index (χ0n) is 10.8. The van der Waals surface area contributed by atoms with Crippen molar-refractivity contribution in [1.29, 1.82) is 0 Å². The lowest BCUT2D eigenvalue weighted by Gasteiger charge is -2.19. The first kappa shape index (κ1) is 13.0.